The van der Waals surface area contributed by atoms with Gasteiger partial charge in [0, 0.05) is 6.42 Å². The standard InChI is InChI=1S/C5H9FO2/c6-4-1-5(2-7)8-3-4/h4-5,7H,1-3H2/t4-,5-/m0/s1. The summed E-state index contributed by atoms with van der Waals surface area (Å²) < 4.78 is 16.9. The predicted molar refractivity (Wildman–Crippen MR) is 26.3 cm³/mol. The van der Waals surface area contributed by atoms with Gasteiger partial charge in [0.1, 0.15) is 6.17 Å². The molecule has 1 aliphatic heterocycles. The molecule has 2 nitrogen and oxygen atoms in total. The Morgan fingerprint density at radius 2 is 2.50 bits per heavy atom. The van der Waals surface area contributed by atoms with Gasteiger partial charge < -0.3 is 9.84 Å². The highest BCUT2D eigenvalue weighted by Crippen LogP contribution is 2.14. The Balaban J connectivity index is 2.22. The average molecular weight is 120 g/mol. The topological polar surface area (TPSA) is 29.5 Å². The minimum absolute atomic E-state index is 0.0551. The van der Waals surface area contributed by atoms with Crippen LogP contribution in [-0.4, -0.2) is 30.6 Å². The van der Waals surface area contributed by atoms with E-state index < -0.39 is 6.17 Å². The Bertz CT molecular complexity index is 76.8. The maximum absolute atomic E-state index is 12.1. The van der Waals surface area contributed by atoms with Gasteiger partial charge in [0.05, 0.1) is 19.3 Å². The van der Waals surface area contributed by atoms with E-state index in [0.29, 0.717) is 6.42 Å². The largest absolute Gasteiger partial charge is 0.394 e. The molecule has 0 saturated carbocycles. The third kappa shape index (κ3) is 1.17. The lowest BCUT2D eigenvalue weighted by Crippen LogP contribution is -2.09. The fraction of sp³-hybridized carbons (Fsp3) is 1.00. The molecule has 0 amide bonds. The molecule has 1 fully saturated rings. The Morgan fingerprint density at radius 1 is 1.75 bits per heavy atom. The second-order valence-electron chi connectivity index (χ2n) is 1.97. The SMILES string of the molecule is OC[C@@H]1C[C@H](F)CO1. The van der Waals surface area contributed by atoms with Crippen LogP contribution in [0.15, 0.2) is 0 Å². The minimum Gasteiger partial charge on any atom is -0.394 e. The van der Waals surface area contributed by atoms with Crippen LogP contribution in [0.1, 0.15) is 6.42 Å². The van der Waals surface area contributed by atoms with Gasteiger partial charge in [0.25, 0.3) is 0 Å². The van der Waals surface area contributed by atoms with Crippen LogP contribution in [0.25, 0.3) is 0 Å². The van der Waals surface area contributed by atoms with Crippen LogP contribution in [0.2, 0.25) is 0 Å². The highest BCUT2D eigenvalue weighted by Gasteiger charge is 2.23. The monoisotopic (exact) mass is 120 g/mol. The van der Waals surface area contributed by atoms with Crippen LogP contribution in [0.5, 0.6) is 0 Å². The summed E-state index contributed by atoms with van der Waals surface area (Å²) in [5, 5.41) is 8.39. The second-order valence-corrected chi connectivity index (χ2v) is 1.97. The molecule has 8 heavy (non-hydrogen) atoms. The summed E-state index contributed by atoms with van der Waals surface area (Å²) in [6.45, 7) is 0.103. The van der Waals surface area contributed by atoms with Crippen molar-refractivity contribution in [3.05, 3.63) is 0 Å². The molecule has 48 valence electrons. The molecule has 0 unspecified atom stereocenters. The summed E-state index contributed by atoms with van der Waals surface area (Å²) in [6.07, 6.45) is -0.742. The van der Waals surface area contributed by atoms with E-state index in [-0.39, 0.29) is 19.3 Å². The fourth-order valence-electron chi connectivity index (χ4n) is 0.789. The lowest BCUT2D eigenvalue weighted by atomic mass is 10.2. The number of hydrogen-bond donors (Lipinski definition) is 1. The first-order valence-electron chi connectivity index (χ1n) is 2.69. The number of rotatable bonds is 1. The molecule has 1 aliphatic rings. The van der Waals surface area contributed by atoms with Gasteiger partial charge in [-0.15, -0.1) is 0 Å². The molecule has 1 rings (SSSR count). The molecule has 1 N–H and O–H groups in total. The van der Waals surface area contributed by atoms with Gasteiger partial charge >= 0.3 is 0 Å². The maximum atomic E-state index is 12.1. The number of ether oxygens (including phenoxy) is 1. The van der Waals surface area contributed by atoms with E-state index in [1.54, 1.807) is 0 Å². The molecular formula is C5H9FO2. The number of aliphatic hydroxyl groups excluding tert-OH is 1. The maximum Gasteiger partial charge on any atom is 0.126 e. The van der Waals surface area contributed by atoms with E-state index in [4.69, 9.17) is 9.84 Å². The van der Waals surface area contributed by atoms with Crippen molar-refractivity contribution in [3.8, 4) is 0 Å². The summed E-state index contributed by atoms with van der Waals surface area (Å²) >= 11 is 0. The third-order valence-electron chi connectivity index (χ3n) is 1.24. The molecule has 0 aromatic carbocycles. The minimum atomic E-state index is -0.854. The van der Waals surface area contributed by atoms with E-state index >= 15 is 0 Å². The van der Waals surface area contributed by atoms with Crippen LogP contribution in [0, 0.1) is 0 Å². The van der Waals surface area contributed by atoms with Crippen molar-refractivity contribution in [2.75, 3.05) is 13.2 Å². The first kappa shape index (κ1) is 5.98. The lowest BCUT2D eigenvalue weighted by molar-refractivity contribution is 0.0562. The quantitative estimate of drug-likeness (QED) is 0.532. The molecule has 0 aromatic rings. The first-order valence-corrected chi connectivity index (χ1v) is 2.69. The Kier molecular flexibility index (Phi) is 1.81. The molecule has 0 bridgehead atoms. The van der Waals surface area contributed by atoms with Crippen molar-refractivity contribution in [1.29, 1.82) is 0 Å². The zero-order valence-electron chi connectivity index (χ0n) is 4.51. The van der Waals surface area contributed by atoms with E-state index in [2.05, 4.69) is 0 Å². The summed E-state index contributed by atoms with van der Waals surface area (Å²) in [5.74, 6) is 0. The lowest BCUT2D eigenvalue weighted by Gasteiger charge is -2.00. The molecule has 1 saturated heterocycles. The second kappa shape index (κ2) is 2.42. The van der Waals surface area contributed by atoms with Crippen LogP contribution in [0.3, 0.4) is 0 Å². The van der Waals surface area contributed by atoms with Gasteiger partial charge in [0.15, 0.2) is 0 Å². The molecule has 2 atom stereocenters. The molecule has 0 aromatic heterocycles. The molecule has 0 radical (unpaired) electrons. The highest BCUT2D eigenvalue weighted by atomic mass is 19.1. The van der Waals surface area contributed by atoms with E-state index in [1.165, 1.54) is 0 Å². The predicted octanol–water partition coefficient (Wildman–Crippen LogP) is 0.106. The van der Waals surface area contributed by atoms with Gasteiger partial charge in [-0.05, 0) is 0 Å². The smallest absolute Gasteiger partial charge is 0.126 e. The number of aliphatic hydroxyl groups is 1. The molecule has 3 heteroatoms. The highest BCUT2D eigenvalue weighted by molar-refractivity contribution is 4.70. The van der Waals surface area contributed by atoms with Crippen molar-refractivity contribution >= 4 is 0 Å². The third-order valence-corrected chi connectivity index (χ3v) is 1.24. The number of halogens is 1. The van der Waals surface area contributed by atoms with Crippen molar-refractivity contribution in [2.24, 2.45) is 0 Å². The van der Waals surface area contributed by atoms with Crippen molar-refractivity contribution in [2.45, 2.75) is 18.7 Å². The van der Waals surface area contributed by atoms with Crippen molar-refractivity contribution < 1.29 is 14.2 Å². The van der Waals surface area contributed by atoms with E-state index in [1.807, 2.05) is 0 Å². The van der Waals surface area contributed by atoms with Crippen LogP contribution < -0.4 is 0 Å². The van der Waals surface area contributed by atoms with E-state index in [0.717, 1.165) is 0 Å². The molecule has 1 heterocycles. The average Bonchev–Trinajstić information content (AvgIpc) is 2.14. The van der Waals surface area contributed by atoms with Crippen LogP contribution in [0.4, 0.5) is 4.39 Å². The Labute approximate surface area is 47.3 Å². The molecule has 0 spiro atoms. The molecular weight excluding hydrogens is 111 g/mol. The Hall–Kier alpha value is -0.150. The van der Waals surface area contributed by atoms with Crippen LogP contribution in [-0.2, 0) is 4.74 Å². The number of hydrogen-bond acceptors (Lipinski definition) is 2. The van der Waals surface area contributed by atoms with Gasteiger partial charge in [0.2, 0.25) is 0 Å². The first-order chi connectivity index (χ1) is 3.83. The van der Waals surface area contributed by atoms with Crippen molar-refractivity contribution in [1.82, 2.24) is 0 Å². The van der Waals surface area contributed by atoms with Crippen LogP contribution >= 0.6 is 0 Å². The van der Waals surface area contributed by atoms with Gasteiger partial charge in [-0.2, -0.15) is 0 Å². The van der Waals surface area contributed by atoms with Gasteiger partial charge in [-0.25, -0.2) is 4.39 Å². The normalized spacial score (nSPS) is 38.2. The van der Waals surface area contributed by atoms with Gasteiger partial charge in [-0.1, -0.05) is 0 Å². The van der Waals surface area contributed by atoms with Crippen molar-refractivity contribution in [3.63, 3.8) is 0 Å². The molecule has 0 aliphatic carbocycles. The fourth-order valence-corrected chi connectivity index (χ4v) is 0.789. The van der Waals surface area contributed by atoms with E-state index in [9.17, 15) is 4.39 Å². The zero-order valence-corrected chi connectivity index (χ0v) is 4.51. The summed E-state index contributed by atoms with van der Waals surface area (Å²) in [5.41, 5.74) is 0. The zero-order chi connectivity index (χ0) is 5.98. The van der Waals surface area contributed by atoms with Gasteiger partial charge in [-0.3, -0.25) is 0 Å². The summed E-state index contributed by atoms with van der Waals surface area (Å²) in [4.78, 5) is 0. The summed E-state index contributed by atoms with van der Waals surface area (Å²) in [6, 6.07) is 0. The summed E-state index contributed by atoms with van der Waals surface area (Å²) in [7, 11) is 0. The Morgan fingerprint density at radius 3 is 2.75 bits per heavy atom. The number of alkyl halides is 1.